The Bertz CT molecular complexity index is 961. The Balaban J connectivity index is 1.48. The van der Waals surface area contributed by atoms with Gasteiger partial charge in [0.15, 0.2) is 5.78 Å². The first kappa shape index (κ1) is 29.1. The molecule has 1 unspecified atom stereocenters. The number of Topliss-reactive ketones (excluding diaryl/α,β-unsaturated/α-hetero) is 1. The number of carbonyl (C=O) groups excluding carboxylic acids is 1. The maximum absolute atomic E-state index is 12.9. The highest BCUT2D eigenvalue weighted by Crippen LogP contribution is 2.30. The SMILES string of the molecule is COc1ccc(C(=O)CCCCCC(O)N[C@H](CN2CCCC2)[C@H](O)c2ccc(C(F)(F)F)cc2)cc1. The first-order chi connectivity index (χ1) is 17.7. The van der Waals surface area contributed by atoms with Crippen LogP contribution in [-0.4, -0.2) is 59.9 Å². The summed E-state index contributed by atoms with van der Waals surface area (Å²) in [6, 6.07) is 11.0. The number of methoxy groups -OCH3 is 1. The van der Waals surface area contributed by atoms with Crippen molar-refractivity contribution in [2.45, 2.75) is 69.5 Å². The van der Waals surface area contributed by atoms with E-state index >= 15 is 0 Å². The Morgan fingerprint density at radius 2 is 1.65 bits per heavy atom. The maximum Gasteiger partial charge on any atom is 0.416 e. The number of unbranched alkanes of at least 4 members (excludes halogenated alkanes) is 2. The molecule has 1 saturated heterocycles. The second-order valence-corrected chi connectivity index (χ2v) is 9.61. The number of rotatable bonds is 14. The fourth-order valence-electron chi connectivity index (χ4n) is 4.64. The van der Waals surface area contributed by atoms with Crippen molar-refractivity contribution in [1.82, 2.24) is 10.2 Å². The summed E-state index contributed by atoms with van der Waals surface area (Å²) >= 11 is 0. The van der Waals surface area contributed by atoms with E-state index in [0.29, 0.717) is 49.1 Å². The predicted octanol–water partition coefficient (Wildman–Crippen LogP) is 4.95. The van der Waals surface area contributed by atoms with Gasteiger partial charge < -0.3 is 19.8 Å². The summed E-state index contributed by atoms with van der Waals surface area (Å²) in [6.07, 6.45) is -1.27. The van der Waals surface area contributed by atoms with Gasteiger partial charge in [-0.25, -0.2) is 0 Å². The van der Waals surface area contributed by atoms with Crippen molar-refractivity contribution in [2.75, 3.05) is 26.7 Å². The van der Waals surface area contributed by atoms with Crippen LogP contribution >= 0.6 is 0 Å². The van der Waals surface area contributed by atoms with Crippen LogP contribution in [0.5, 0.6) is 5.75 Å². The molecule has 3 N–H and O–H groups in total. The number of nitrogens with zero attached hydrogens (tertiary/aromatic N) is 1. The second kappa shape index (κ2) is 13.9. The average Bonchev–Trinajstić information content (AvgIpc) is 3.40. The monoisotopic (exact) mass is 522 g/mol. The number of halogens is 3. The third-order valence-electron chi connectivity index (χ3n) is 6.81. The molecule has 2 aromatic rings. The van der Waals surface area contributed by atoms with Crippen LogP contribution in [0.1, 0.15) is 72.5 Å². The summed E-state index contributed by atoms with van der Waals surface area (Å²) in [6.45, 7) is 2.25. The summed E-state index contributed by atoms with van der Waals surface area (Å²) in [7, 11) is 1.57. The lowest BCUT2D eigenvalue weighted by Gasteiger charge is -2.31. The molecular weight excluding hydrogens is 485 g/mol. The minimum atomic E-state index is -4.44. The van der Waals surface area contributed by atoms with Gasteiger partial charge in [0, 0.05) is 18.5 Å². The molecule has 3 atom stereocenters. The van der Waals surface area contributed by atoms with Crippen LogP contribution < -0.4 is 10.1 Å². The lowest BCUT2D eigenvalue weighted by molar-refractivity contribution is -0.137. The van der Waals surface area contributed by atoms with E-state index in [2.05, 4.69) is 10.2 Å². The molecular formula is C28H37F3N2O4. The van der Waals surface area contributed by atoms with Gasteiger partial charge >= 0.3 is 6.18 Å². The zero-order valence-electron chi connectivity index (χ0n) is 21.2. The summed E-state index contributed by atoms with van der Waals surface area (Å²) in [5, 5.41) is 24.7. The third-order valence-corrected chi connectivity index (χ3v) is 6.81. The number of likely N-dealkylation sites (tertiary alicyclic amines) is 1. The molecule has 1 heterocycles. The quantitative estimate of drug-likeness (QED) is 0.185. The van der Waals surface area contributed by atoms with Gasteiger partial charge in [0.1, 0.15) is 12.0 Å². The standard InChI is InChI=1S/C28H37F3N2O4/c1-37-23-15-11-20(12-16-23)25(34)7-3-2-4-8-26(35)32-24(19-33-17-5-6-18-33)27(36)21-9-13-22(14-10-21)28(29,30)31/h9-16,24,26-27,32,35-36H,2-8,17-19H2,1H3/t24-,26?,27-/m1/s1. The molecule has 0 saturated carbocycles. The number of nitrogens with one attached hydrogen (secondary N) is 1. The van der Waals surface area contributed by atoms with Gasteiger partial charge in [-0.3, -0.25) is 10.1 Å². The molecule has 204 valence electrons. The number of hydrogen-bond donors (Lipinski definition) is 3. The fourth-order valence-corrected chi connectivity index (χ4v) is 4.64. The van der Waals surface area contributed by atoms with Crippen LogP contribution in [0.2, 0.25) is 0 Å². The molecule has 0 aliphatic carbocycles. The van der Waals surface area contributed by atoms with E-state index in [1.165, 1.54) is 12.1 Å². The van der Waals surface area contributed by atoms with Gasteiger partial charge in [0.2, 0.25) is 0 Å². The highest BCUT2D eigenvalue weighted by atomic mass is 19.4. The molecule has 1 fully saturated rings. The van der Waals surface area contributed by atoms with Crippen molar-refractivity contribution < 1.29 is 32.9 Å². The van der Waals surface area contributed by atoms with Crippen LogP contribution in [0, 0.1) is 0 Å². The molecule has 1 aliphatic rings. The van der Waals surface area contributed by atoms with Crippen molar-refractivity contribution >= 4 is 5.78 Å². The van der Waals surface area contributed by atoms with Gasteiger partial charge in [-0.1, -0.05) is 18.6 Å². The number of aliphatic hydroxyl groups excluding tert-OH is 2. The molecule has 6 nitrogen and oxygen atoms in total. The van der Waals surface area contributed by atoms with E-state index in [4.69, 9.17) is 4.74 Å². The largest absolute Gasteiger partial charge is 0.497 e. The molecule has 9 heteroatoms. The summed E-state index contributed by atoms with van der Waals surface area (Å²) in [4.78, 5) is 14.5. The number of aliphatic hydroxyl groups is 2. The van der Waals surface area contributed by atoms with Crippen molar-refractivity contribution in [3.63, 3.8) is 0 Å². The molecule has 1 aliphatic heterocycles. The molecule has 0 bridgehead atoms. The van der Waals surface area contributed by atoms with E-state index in [0.717, 1.165) is 44.5 Å². The zero-order chi connectivity index (χ0) is 26.8. The molecule has 0 amide bonds. The van der Waals surface area contributed by atoms with Crippen LogP contribution in [0.3, 0.4) is 0 Å². The Morgan fingerprint density at radius 3 is 2.24 bits per heavy atom. The first-order valence-electron chi connectivity index (χ1n) is 12.9. The van der Waals surface area contributed by atoms with E-state index in [9.17, 15) is 28.2 Å². The Morgan fingerprint density at radius 1 is 1.00 bits per heavy atom. The van der Waals surface area contributed by atoms with Gasteiger partial charge in [-0.2, -0.15) is 13.2 Å². The van der Waals surface area contributed by atoms with Gasteiger partial charge in [-0.05, 0) is 87.2 Å². The van der Waals surface area contributed by atoms with E-state index in [-0.39, 0.29) is 5.78 Å². The Hall–Kier alpha value is -2.46. The third kappa shape index (κ3) is 9.10. The predicted molar refractivity (Wildman–Crippen MR) is 135 cm³/mol. The number of alkyl halides is 3. The van der Waals surface area contributed by atoms with Crippen molar-refractivity contribution in [2.24, 2.45) is 0 Å². The van der Waals surface area contributed by atoms with Crippen LogP contribution in [0.25, 0.3) is 0 Å². The number of hydrogen-bond acceptors (Lipinski definition) is 6. The second-order valence-electron chi connectivity index (χ2n) is 9.61. The Labute approximate surface area is 216 Å². The molecule has 3 rings (SSSR count). The smallest absolute Gasteiger partial charge is 0.416 e. The first-order valence-corrected chi connectivity index (χ1v) is 12.9. The minimum absolute atomic E-state index is 0.0617. The highest BCUT2D eigenvalue weighted by molar-refractivity contribution is 5.96. The van der Waals surface area contributed by atoms with Crippen LogP contribution in [0.4, 0.5) is 13.2 Å². The van der Waals surface area contributed by atoms with Gasteiger partial charge in [0.25, 0.3) is 0 Å². The van der Waals surface area contributed by atoms with Crippen LogP contribution in [-0.2, 0) is 6.18 Å². The molecule has 0 aromatic heterocycles. The topological polar surface area (TPSA) is 82.0 Å². The lowest BCUT2D eigenvalue weighted by Crippen LogP contribution is -2.48. The molecule has 37 heavy (non-hydrogen) atoms. The van der Waals surface area contributed by atoms with Gasteiger partial charge in [-0.15, -0.1) is 0 Å². The lowest BCUT2D eigenvalue weighted by atomic mass is 9.99. The fraction of sp³-hybridized carbons (Fsp3) is 0.536. The molecule has 2 aromatic carbocycles. The summed E-state index contributed by atoms with van der Waals surface area (Å²) < 4.78 is 43.9. The van der Waals surface area contributed by atoms with Crippen molar-refractivity contribution in [3.8, 4) is 5.75 Å². The summed E-state index contributed by atoms with van der Waals surface area (Å²) in [5.41, 5.74) is 0.247. The minimum Gasteiger partial charge on any atom is -0.497 e. The van der Waals surface area contributed by atoms with E-state index in [1.807, 2.05) is 0 Å². The summed E-state index contributed by atoms with van der Waals surface area (Å²) in [5.74, 6) is 0.760. The van der Waals surface area contributed by atoms with E-state index in [1.54, 1.807) is 31.4 Å². The molecule has 0 radical (unpaired) electrons. The highest BCUT2D eigenvalue weighted by Gasteiger charge is 2.31. The number of ketones is 1. The number of carbonyl (C=O) groups is 1. The van der Waals surface area contributed by atoms with Gasteiger partial charge in [0.05, 0.1) is 24.8 Å². The maximum atomic E-state index is 12.9. The van der Waals surface area contributed by atoms with Crippen molar-refractivity contribution in [3.05, 3.63) is 65.2 Å². The average molecular weight is 523 g/mol. The number of benzene rings is 2. The molecule has 0 spiro atoms. The zero-order valence-corrected chi connectivity index (χ0v) is 21.2. The Kier molecular flexibility index (Phi) is 10.9. The van der Waals surface area contributed by atoms with E-state index < -0.39 is 30.1 Å². The van der Waals surface area contributed by atoms with Crippen LogP contribution in [0.15, 0.2) is 48.5 Å². The number of ether oxygens (including phenoxy) is 1. The normalized spacial score (nSPS) is 16.9. The van der Waals surface area contributed by atoms with Crippen molar-refractivity contribution in [1.29, 1.82) is 0 Å².